The summed E-state index contributed by atoms with van der Waals surface area (Å²) in [6.45, 7) is 3.89. The highest BCUT2D eigenvalue weighted by Gasteiger charge is 2.25. The van der Waals surface area contributed by atoms with Gasteiger partial charge in [0, 0.05) is 37.2 Å². The van der Waals surface area contributed by atoms with E-state index < -0.39 is 0 Å². The molecular formula is C15H22FN3O. The molecule has 0 spiro atoms. The molecule has 20 heavy (non-hydrogen) atoms. The monoisotopic (exact) mass is 279 g/mol. The summed E-state index contributed by atoms with van der Waals surface area (Å²) in [6.07, 6.45) is 4.15. The van der Waals surface area contributed by atoms with E-state index in [9.17, 15) is 4.39 Å². The minimum atomic E-state index is -0.325. The zero-order chi connectivity index (χ0) is 13.9. The molecule has 2 heterocycles. The highest BCUT2D eigenvalue weighted by atomic mass is 19.1. The van der Waals surface area contributed by atoms with Crippen LogP contribution in [-0.2, 0) is 4.74 Å². The first-order valence-corrected chi connectivity index (χ1v) is 7.54. The van der Waals surface area contributed by atoms with Crippen molar-refractivity contribution in [2.45, 2.75) is 44.6 Å². The number of alkyl halides is 1. The highest BCUT2D eigenvalue weighted by Crippen LogP contribution is 2.35. The summed E-state index contributed by atoms with van der Waals surface area (Å²) in [4.78, 5) is 11.5. The van der Waals surface area contributed by atoms with Gasteiger partial charge in [-0.05, 0) is 19.8 Å². The summed E-state index contributed by atoms with van der Waals surface area (Å²) in [5.74, 6) is 2.50. The fourth-order valence-electron chi connectivity index (χ4n) is 2.81. The third-order valence-corrected chi connectivity index (χ3v) is 4.22. The Morgan fingerprint density at radius 2 is 2.25 bits per heavy atom. The predicted octanol–water partition coefficient (Wildman–Crippen LogP) is 2.62. The maximum atomic E-state index is 12.5. The van der Waals surface area contributed by atoms with Gasteiger partial charge in [-0.15, -0.1) is 0 Å². The average molecular weight is 279 g/mol. The van der Waals surface area contributed by atoms with Crippen LogP contribution in [0.25, 0.3) is 0 Å². The molecular weight excluding hydrogens is 257 g/mol. The number of halogens is 1. The minimum absolute atomic E-state index is 0.0174. The maximum absolute atomic E-state index is 12.5. The summed E-state index contributed by atoms with van der Waals surface area (Å²) in [6, 6.07) is 2.03. The molecule has 1 atom stereocenters. The molecule has 0 N–H and O–H groups in total. The van der Waals surface area contributed by atoms with E-state index in [4.69, 9.17) is 9.72 Å². The van der Waals surface area contributed by atoms with Crippen molar-refractivity contribution in [2.24, 2.45) is 0 Å². The predicted molar refractivity (Wildman–Crippen MR) is 75.9 cm³/mol. The maximum Gasteiger partial charge on any atom is 0.134 e. The number of hydrogen-bond acceptors (Lipinski definition) is 4. The third-order valence-electron chi connectivity index (χ3n) is 4.22. The molecule has 1 aliphatic heterocycles. The Hall–Kier alpha value is -1.23. The van der Waals surface area contributed by atoms with Crippen LogP contribution in [0.5, 0.6) is 0 Å². The second kappa shape index (κ2) is 6.04. The molecule has 4 nitrogen and oxygen atoms in total. The van der Waals surface area contributed by atoms with E-state index in [0.717, 1.165) is 30.4 Å². The van der Waals surface area contributed by atoms with Crippen LogP contribution in [0.2, 0.25) is 0 Å². The van der Waals surface area contributed by atoms with Crippen LogP contribution in [-0.4, -0.2) is 42.4 Å². The van der Waals surface area contributed by atoms with Crippen molar-refractivity contribution in [2.75, 3.05) is 31.3 Å². The molecule has 2 fully saturated rings. The van der Waals surface area contributed by atoms with Crippen molar-refractivity contribution in [3.05, 3.63) is 17.6 Å². The lowest BCUT2D eigenvalue weighted by Crippen LogP contribution is -2.43. The van der Waals surface area contributed by atoms with Gasteiger partial charge in [0.25, 0.3) is 0 Å². The van der Waals surface area contributed by atoms with Gasteiger partial charge in [0.1, 0.15) is 11.6 Å². The SMILES string of the molecule is Cc1cc(N2CCOC(CCF)C2)nc(C2CCC2)n1. The molecule has 3 rings (SSSR count). The van der Waals surface area contributed by atoms with Crippen molar-refractivity contribution in [3.63, 3.8) is 0 Å². The molecule has 1 unspecified atom stereocenters. The summed E-state index contributed by atoms with van der Waals surface area (Å²) >= 11 is 0. The number of hydrogen-bond donors (Lipinski definition) is 0. The molecule has 1 saturated carbocycles. The lowest BCUT2D eigenvalue weighted by Gasteiger charge is -2.34. The fraction of sp³-hybridized carbons (Fsp3) is 0.733. The highest BCUT2D eigenvalue weighted by molar-refractivity contribution is 5.41. The van der Waals surface area contributed by atoms with Crippen LogP contribution in [0.3, 0.4) is 0 Å². The first-order valence-electron chi connectivity index (χ1n) is 7.54. The quantitative estimate of drug-likeness (QED) is 0.849. The van der Waals surface area contributed by atoms with Gasteiger partial charge in [0.2, 0.25) is 0 Å². The van der Waals surface area contributed by atoms with Gasteiger partial charge in [-0.1, -0.05) is 6.42 Å². The molecule has 0 radical (unpaired) electrons. The summed E-state index contributed by atoms with van der Waals surface area (Å²) < 4.78 is 18.1. The Labute approximate surface area is 119 Å². The molecule has 0 aromatic carbocycles. The van der Waals surface area contributed by atoms with E-state index in [2.05, 4.69) is 9.88 Å². The lowest BCUT2D eigenvalue weighted by atomic mass is 9.85. The van der Waals surface area contributed by atoms with Gasteiger partial charge in [-0.3, -0.25) is 4.39 Å². The number of rotatable bonds is 4. The normalized spacial score (nSPS) is 23.7. The van der Waals surface area contributed by atoms with Crippen molar-refractivity contribution >= 4 is 5.82 Å². The van der Waals surface area contributed by atoms with Gasteiger partial charge in [-0.25, -0.2) is 9.97 Å². The van der Waals surface area contributed by atoms with Crippen LogP contribution >= 0.6 is 0 Å². The molecule has 1 aromatic rings. The van der Waals surface area contributed by atoms with Crippen molar-refractivity contribution in [3.8, 4) is 0 Å². The van der Waals surface area contributed by atoms with Crippen LogP contribution < -0.4 is 4.90 Å². The topological polar surface area (TPSA) is 38.2 Å². The van der Waals surface area contributed by atoms with E-state index in [-0.39, 0.29) is 12.8 Å². The van der Waals surface area contributed by atoms with Gasteiger partial charge in [0.05, 0.1) is 19.4 Å². The Kier molecular flexibility index (Phi) is 4.15. The van der Waals surface area contributed by atoms with Crippen LogP contribution in [0.1, 0.15) is 43.1 Å². The van der Waals surface area contributed by atoms with E-state index in [0.29, 0.717) is 18.9 Å². The zero-order valence-corrected chi connectivity index (χ0v) is 12.0. The van der Waals surface area contributed by atoms with Gasteiger partial charge >= 0.3 is 0 Å². The van der Waals surface area contributed by atoms with Gasteiger partial charge in [0.15, 0.2) is 0 Å². The minimum Gasteiger partial charge on any atom is -0.374 e. The Bertz CT molecular complexity index is 462. The Balaban J connectivity index is 1.76. The summed E-state index contributed by atoms with van der Waals surface area (Å²) in [5.41, 5.74) is 1.02. The number of morpholine rings is 1. The van der Waals surface area contributed by atoms with Crippen LogP contribution in [0, 0.1) is 6.92 Å². The standard InChI is InChI=1S/C15H22FN3O/c1-11-9-14(18-15(17-11)12-3-2-4-12)19-7-8-20-13(10-19)5-6-16/h9,12-13H,2-8,10H2,1H3. The van der Waals surface area contributed by atoms with Crippen LogP contribution in [0.4, 0.5) is 10.2 Å². The van der Waals surface area contributed by atoms with E-state index >= 15 is 0 Å². The second-order valence-electron chi connectivity index (χ2n) is 5.77. The smallest absolute Gasteiger partial charge is 0.134 e. The van der Waals surface area contributed by atoms with Crippen LogP contribution in [0.15, 0.2) is 6.07 Å². The largest absolute Gasteiger partial charge is 0.374 e. The number of aromatic nitrogens is 2. The molecule has 0 bridgehead atoms. The summed E-state index contributed by atoms with van der Waals surface area (Å²) in [5, 5.41) is 0. The zero-order valence-electron chi connectivity index (χ0n) is 12.0. The molecule has 1 aliphatic carbocycles. The number of anilines is 1. The molecule has 2 aliphatic rings. The van der Waals surface area contributed by atoms with E-state index in [1.54, 1.807) is 0 Å². The Morgan fingerprint density at radius 1 is 1.40 bits per heavy atom. The first kappa shape index (κ1) is 13.7. The molecule has 110 valence electrons. The first-order chi connectivity index (χ1) is 9.76. The van der Waals surface area contributed by atoms with Gasteiger partial charge < -0.3 is 9.64 Å². The van der Waals surface area contributed by atoms with E-state index in [1.165, 1.54) is 19.3 Å². The molecule has 1 saturated heterocycles. The number of aryl methyl sites for hydroxylation is 1. The number of ether oxygens (including phenoxy) is 1. The number of nitrogens with zero attached hydrogens (tertiary/aromatic N) is 3. The molecule has 1 aromatic heterocycles. The molecule has 0 amide bonds. The molecule has 5 heteroatoms. The second-order valence-corrected chi connectivity index (χ2v) is 5.77. The Morgan fingerprint density at radius 3 is 2.95 bits per heavy atom. The average Bonchev–Trinajstić information content (AvgIpc) is 2.37. The van der Waals surface area contributed by atoms with Gasteiger partial charge in [-0.2, -0.15) is 0 Å². The van der Waals surface area contributed by atoms with Crippen molar-refractivity contribution in [1.82, 2.24) is 9.97 Å². The lowest BCUT2D eigenvalue weighted by molar-refractivity contribution is 0.0309. The van der Waals surface area contributed by atoms with E-state index in [1.807, 2.05) is 13.0 Å². The summed E-state index contributed by atoms with van der Waals surface area (Å²) in [7, 11) is 0. The van der Waals surface area contributed by atoms with Crippen molar-refractivity contribution < 1.29 is 9.13 Å². The fourth-order valence-corrected chi connectivity index (χ4v) is 2.81. The third kappa shape index (κ3) is 2.92. The van der Waals surface area contributed by atoms with Crippen molar-refractivity contribution in [1.29, 1.82) is 0 Å².